The summed E-state index contributed by atoms with van der Waals surface area (Å²) in [6, 6.07) is 7.51. The molecule has 0 amide bonds. The number of hydrazone groups is 1. The standard InChI is InChI=1S/C19H22F3N3O2/c1-13(2)8-9-27-16-6-4-14(10-17(16)26-3)11-24-25-18-7-5-15(12-23-18)19(20,21)22/h4-7,10-13H,8-9H2,1-3H3,(H,23,25)/b24-11-. The van der Waals surface area contributed by atoms with Crippen molar-refractivity contribution in [3.63, 3.8) is 0 Å². The van der Waals surface area contributed by atoms with Crippen LogP contribution in [-0.4, -0.2) is 24.9 Å². The monoisotopic (exact) mass is 381 g/mol. The summed E-state index contributed by atoms with van der Waals surface area (Å²) < 4.78 is 48.6. The quantitative estimate of drug-likeness (QED) is 0.518. The number of methoxy groups -OCH3 is 1. The van der Waals surface area contributed by atoms with Crippen molar-refractivity contribution in [2.24, 2.45) is 11.0 Å². The molecule has 0 saturated carbocycles. The van der Waals surface area contributed by atoms with Crippen molar-refractivity contribution in [2.45, 2.75) is 26.4 Å². The van der Waals surface area contributed by atoms with Gasteiger partial charge < -0.3 is 9.47 Å². The summed E-state index contributed by atoms with van der Waals surface area (Å²) in [6.45, 7) is 4.85. The Labute approximate surface area is 156 Å². The number of nitrogens with one attached hydrogen (secondary N) is 1. The van der Waals surface area contributed by atoms with Gasteiger partial charge in [0, 0.05) is 6.20 Å². The number of aromatic nitrogens is 1. The zero-order chi connectivity index (χ0) is 19.9. The summed E-state index contributed by atoms with van der Waals surface area (Å²) in [6.07, 6.45) is -1.20. The third kappa shape index (κ3) is 6.47. The van der Waals surface area contributed by atoms with Crippen LogP contribution in [0, 0.1) is 5.92 Å². The Kier molecular flexibility index (Phi) is 7.04. The van der Waals surface area contributed by atoms with Gasteiger partial charge in [0.15, 0.2) is 11.5 Å². The van der Waals surface area contributed by atoms with Crippen LogP contribution in [0.4, 0.5) is 19.0 Å². The number of hydrogen-bond acceptors (Lipinski definition) is 5. The lowest BCUT2D eigenvalue weighted by molar-refractivity contribution is -0.137. The van der Waals surface area contributed by atoms with E-state index in [0.29, 0.717) is 24.0 Å². The first kappa shape index (κ1) is 20.5. The summed E-state index contributed by atoms with van der Waals surface area (Å²) in [5.74, 6) is 1.98. The largest absolute Gasteiger partial charge is 0.493 e. The molecule has 0 fully saturated rings. The van der Waals surface area contributed by atoms with Crippen LogP contribution in [0.5, 0.6) is 11.5 Å². The summed E-state index contributed by atoms with van der Waals surface area (Å²) in [4.78, 5) is 3.68. The summed E-state index contributed by atoms with van der Waals surface area (Å²) in [5, 5.41) is 3.98. The minimum absolute atomic E-state index is 0.208. The van der Waals surface area contributed by atoms with E-state index in [2.05, 4.69) is 29.4 Å². The molecule has 0 spiro atoms. The van der Waals surface area contributed by atoms with Crippen LogP contribution in [-0.2, 0) is 6.18 Å². The summed E-state index contributed by atoms with van der Waals surface area (Å²) in [7, 11) is 1.55. The Morgan fingerprint density at radius 3 is 2.56 bits per heavy atom. The lowest BCUT2D eigenvalue weighted by atomic mass is 10.1. The number of nitrogens with zero attached hydrogens (tertiary/aromatic N) is 2. The lowest BCUT2D eigenvalue weighted by Crippen LogP contribution is -2.05. The maximum atomic E-state index is 12.5. The van der Waals surface area contributed by atoms with Gasteiger partial charge in [-0.3, -0.25) is 5.43 Å². The highest BCUT2D eigenvalue weighted by Crippen LogP contribution is 2.29. The Balaban J connectivity index is 1.98. The van der Waals surface area contributed by atoms with Crippen molar-refractivity contribution >= 4 is 12.0 Å². The molecule has 146 valence electrons. The molecule has 1 N–H and O–H groups in total. The van der Waals surface area contributed by atoms with Crippen molar-refractivity contribution in [3.05, 3.63) is 47.7 Å². The van der Waals surface area contributed by atoms with E-state index in [9.17, 15) is 13.2 Å². The van der Waals surface area contributed by atoms with E-state index in [-0.39, 0.29) is 5.82 Å². The molecular weight excluding hydrogens is 359 g/mol. The number of anilines is 1. The third-order valence-corrected chi connectivity index (χ3v) is 3.62. The van der Waals surface area contributed by atoms with Crippen LogP contribution in [0.2, 0.25) is 0 Å². The first-order valence-electron chi connectivity index (χ1n) is 8.42. The van der Waals surface area contributed by atoms with E-state index in [1.807, 2.05) is 0 Å². The van der Waals surface area contributed by atoms with Crippen molar-refractivity contribution in [1.82, 2.24) is 4.98 Å². The Morgan fingerprint density at radius 1 is 1.19 bits per heavy atom. The van der Waals surface area contributed by atoms with Crippen LogP contribution in [0.15, 0.2) is 41.6 Å². The van der Waals surface area contributed by atoms with Crippen LogP contribution in [0.1, 0.15) is 31.4 Å². The first-order chi connectivity index (χ1) is 12.8. The Hall–Kier alpha value is -2.77. The molecule has 0 aliphatic rings. The molecule has 1 aromatic heterocycles. The molecule has 1 aromatic carbocycles. The van der Waals surface area contributed by atoms with Crippen LogP contribution < -0.4 is 14.9 Å². The third-order valence-electron chi connectivity index (χ3n) is 3.62. The molecule has 8 heteroatoms. The minimum Gasteiger partial charge on any atom is -0.493 e. The van der Waals surface area contributed by atoms with E-state index < -0.39 is 11.7 Å². The predicted molar refractivity (Wildman–Crippen MR) is 98.4 cm³/mol. The van der Waals surface area contributed by atoms with E-state index in [1.165, 1.54) is 12.3 Å². The number of hydrogen-bond donors (Lipinski definition) is 1. The fourth-order valence-corrected chi connectivity index (χ4v) is 2.09. The maximum Gasteiger partial charge on any atom is 0.417 e. The zero-order valence-electron chi connectivity index (χ0n) is 15.4. The van der Waals surface area contributed by atoms with Gasteiger partial charge in [-0.2, -0.15) is 18.3 Å². The van der Waals surface area contributed by atoms with Gasteiger partial charge in [-0.25, -0.2) is 4.98 Å². The van der Waals surface area contributed by atoms with Gasteiger partial charge in [-0.15, -0.1) is 0 Å². The van der Waals surface area contributed by atoms with E-state index in [0.717, 1.165) is 24.2 Å². The minimum atomic E-state index is -4.41. The van der Waals surface area contributed by atoms with Gasteiger partial charge in [0.05, 0.1) is 25.5 Å². The molecule has 0 radical (unpaired) electrons. The average molecular weight is 381 g/mol. The topological polar surface area (TPSA) is 55.7 Å². The van der Waals surface area contributed by atoms with Gasteiger partial charge in [-0.1, -0.05) is 13.8 Å². The summed E-state index contributed by atoms with van der Waals surface area (Å²) >= 11 is 0. The second kappa shape index (κ2) is 9.25. The normalized spacial score (nSPS) is 11.8. The fraction of sp³-hybridized carbons (Fsp3) is 0.368. The van der Waals surface area contributed by atoms with Crippen LogP contribution in [0.3, 0.4) is 0 Å². The van der Waals surface area contributed by atoms with E-state index >= 15 is 0 Å². The van der Waals surface area contributed by atoms with Crippen molar-refractivity contribution in [2.75, 3.05) is 19.1 Å². The van der Waals surface area contributed by atoms with Crippen molar-refractivity contribution in [1.29, 1.82) is 0 Å². The molecule has 0 atom stereocenters. The predicted octanol–water partition coefficient (Wildman–Crippen LogP) is 4.98. The highest BCUT2D eigenvalue weighted by Gasteiger charge is 2.30. The first-order valence-corrected chi connectivity index (χ1v) is 8.42. The molecular formula is C19H22F3N3O2. The van der Waals surface area contributed by atoms with Crippen LogP contribution >= 0.6 is 0 Å². The summed E-state index contributed by atoms with van der Waals surface area (Å²) in [5.41, 5.74) is 2.52. The highest BCUT2D eigenvalue weighted by molar-refractivity contribution is 5.81. The highest BCUT2D eigenvalue weighted by atomic mass is 19.4. The molecule has 0 bridgehead atoms. The van der Waals surface area contributed by atoms with Crippen LogP contribution in [0.25, 0.3) is 0 Å². The number of alkyl halides is 3. The second-order valence-electron chi connectivity index (χ2n) is 6.24. The molecule has 0 saturated heterocycles. The smallest absolute Gasteiger partial charge is 0.417 e. The number of benzene rings is 1. The SMILES string of the molecule is COc1cc(/C=N\Nc2ccc(C(F)(F)F)cn2)ccc1OCCC(C)C. The molecule has 5 nitrogen and oxygen atoms in total. The van der Waals surface area contributed by atoms with Gasteiger partial charge in [0.25, 0.3) is 0 Å². The number of ether oxygens (including phenoxy) is 2. The van der Waals surface area contributed by atoms with Gasteiger partial charge in [0.2, 0.25) is 0 Å². The molecule has 0 aliphatic heterocycles. The van der Waals surface area contributed by atoms with Gasteiger partial charge in [-0.05, 0) is 48.2 Å². The second-order valence-corrected chi connectivity index (χ2v) is 6.24. The van der Waals surface area contributed by atoms with E-state index in [4.69, 9.17) is 9.47 Å². The molecule has 2 rings (SSSR count). The number of rotatable bonds is 8. The molecule has 2 aromatic rings. The molecule has 1 heterocycles. The molecule has 27 heavy (non-hydrogen) atoms. The van der Waals surface area contributed by atoms with Crippen molar-refractivity contribution in [3.8, 4) is 11.5 Å². The molecule has 0 unspecified atom stereocenters. The Morgan fingerprint density at radius 2 is 1.96 bits per heavy atom. The average Bonchev–Trinajstić information content (AvgIpc) is 2.62. The number of pyridine rings is 1. The molecule has 0 aliphatic carbocycles. The van der Waals surface area contributed by atoms with Crippen molar-refractivity contribution < 1.29 is 22.6 Å². The Bertz CT molecular complexity index is 760. The van der Waals surface area contributed by atoms with E-state index in [1.54, 1.807) is 25.3 Å². The fourth-order valence-electron chi connectivity index (χ4n) is 2.09. The maximum absolute atomic E-state index is 12.5. The number of halogens is 3. The lowest BCUT2D eigenvalue weighted by Gasteiger charge is -2.12. The zero-order valence-corrected chi connectivity index (χ0v) is 15.4. The van der Waals surface area contributed by atoms with Gasteiger partial charge >= 0.3 is 6.18 Å². The van der Waals surface area contributed by atoms with Gasteiger partial charge in [0.1, 0.15) is 5.82 Å².